The van der Waals surface area contributed by atoms with E-state index in [0.717, 1.165) is 0 Å². The van der Waals surface area contributed by atoms with Gasteiger partial charge in [0.25, 0.3) is 0 Å². The zero-order valence-electron chi connectivity index (χ0n) is 10.1. The van der Waals surface area contributed by atoms with Gasteiger partial charge in [-0.1, -0.05) is 29.8 Å². The van der Waals surface area contributed by atoms with Gasteiger partial charge in [-0.2, -0.15) is 5.26 Å². The van der Waals surface area contributed by atoms with Crippen LogP contribution in [-0.4, -0.2) is 18.5 Å². The molecule has 0 amide bonds. The highest BCUT2D eigenvalue weighted by molar-refractivity contribution is 6.31. The third-order valence-corrected chi connectivity index (χ3v) is 3.57. The Balaban J connectivity index is 2.22. The number of nitrogens with zero attached hydrogens (tertiary/aromatic N) is 1. The van der Waals surface area contributed by atoms with Crippen LogP contribution < -0.4 is 0 Å². The van der Waals surface area contributed by atoms with Crippen molar-refractivity contribution in [3.63, 3.8) is 0 Å². The van der Waals surface area contributed by atoms with Crippen LogP contribution in [0.2, 0.25) is 5.02 Å². The predicted octanol–water partition coefficient (Wildman–Crippen LogP) is 2.94. The van der Waals surface area contributed by atoms with E-state index in [2.05, 4.69) is 6.07 Å². The number of hydrogen-bond acceptors (Lipinski definition) is 3. The van der Waals surface area contributed by atoms with Crippen molar-refractivity contribution in [2.75, 3.05) is 6.61 Å². The molecule has 2 rings (SSSR count). The summed E-state index contributed by atoms with van der Waals surface area (Å²) < 4.78 is 5.38. The zero-order valence-corrected chi connectivity index (χ0v) is 10.9. The lowest BCUT2D eigenvalue weighted by Crippen LogP contribution is -2.22. The Labute approximate surface area is 111 Å². The van der Waals surface area contributed by atoms with E-state index in [1.807, 2.05) is 6.92 Å². The fourth-order valence-electron chi connectivity index (χ4n) is 2.25. The number of Topliss-reactive ketones (excluding diaryl/α,β-unsaturated/α-hetero) is 1. The predicted molar refractivity (Wildman–Crippen MR) is 68.3 cm³/mol. The summed E-state index contributed by atoms with van der Waals surface area (Å²) in [6, 6.07) is 9.05. The second-order valence-corrected chi connectivity index (χ2v) is 4.97. The third kappa shape index (κ3) is 2.55. The van der Waals surface area contributed by atoms with E-state index in [1.54, 1.807) is 24.3 Å². The summed E-state index contributed by atoms with van der Waals surface area (Å²) in [5.41, 5.74) is 0.589. The molecule has 4 heteroatoms. The number of nitriles is 1. The molecule has 1 aliphatic heterocycles. The maximum atomic E-state index is 12.3. The molecular weight excluding hydrogens is 250 g/mol. The SMILES string of the molecule is CC1CC(C(=O)C(C#N)c2ccccc2Cl)CO1. The normalized spacial score (nSPS) is 24.5. The van der Waals surface area contributed by atoms with Gasteiger partial charge in [-0.05, 0) is 25.0 Å². The van der Waals surface area contributed by atoms with Gasteiger partial charge in [0.15, 0.2) is 5.78 Å². The van der Waals surface area contributed by atoms with Crippen LogP contribution in [0, 0.1) is 17.2 Å². The Morgan fingerprint density at radius 3 is 2.83 bits per heavy atom. The first kappa shape index (κ1) is 13.1. The highest BCUT2D eigenvalue weighted by Gasteiger charge is 2.34. The van der Waals surface area contributed by atoms with Crippen molar-refractivity contribution in [1.29, 1.82) is 5.26 Å². The largest absolute Gasteiger partial charge is 0.378 e. The second kappa shape index (κ2) is 5.51. The molecule has 0 aromatic heterocycles. The number of carbonyl (C=O) groups is 1. The number of ketones is 1. The van der Waals surface area contributed by atoms with E-state index in [0.29, 0.717) is 23.6 Å². The van der Waals surface area contributed by atoms with Crippen LogP contribution in [0.3, 0.4) is 0 Å². The van der Waals surface area contributed by atoms with Crippen molar-refractivity contribution < 1.29 is 9.53 Å². The summed E-state index contributed by atoms with van der Waals surface area (Å²) in [5, 5.41) is 9.69. The Kier molecular flexibility index (Phi) is 4.00. The lowest BCUT2D eigenvalue weighted by molar-refractivity contribution is -0.123. The van der Waals surface area contributed by atoms with Crippen molar-refractivity contribution in [2.24, 2.45) is 5.92 Å². The molecule has 1 saturated heterocycles. The average molecular weight is 264 g/mol. The molecule has 3 unspecified atom stereocenters. The molecule has 1 aliphatic rings. The van der Waals surface area contributed by atoms with Crippen molar-refractivity contribution >= 4 is 17.4 Å². The van der Waals surface area contributed by atoms with E-state index < -0.39 is 5.92 Å². The van der Waals surface area contributed by atoms with Gasteiger partial charge in [0.2, 0.25) is 0 Å². The van der Waals surface area contributed by atoms with E-state index in [-0.39, 0.29) is 17.8 Å². The van der Waals surface area contributed by atoms with Crippen LogP contribution in [0.5, 0.6) is 0 Å². The first-order chi connectivity index (χ1) is 8.63. The van der Waals surface area contributed by atoms with Crippen LogP contribution in [0.4, 0.5) is 0 Å². The van der Waals surface area contributed by atoms with E-state index in [9.17, 15) is 10.1 Å². The van der Waals surface area contributed by atoms with Gasteiger partial charge in [-0.3, -0.25) is 4.79 Å². The first-order valence-electron chi connectivity index (χ1n) is 5.93. The topological polar surface area (TPSA) is 50.1 Å². The Morgan fingerprint density at radius 2 is 2.28 bits per heavy atom. The summed E-state index contributed by atoms with van der Waals surface area (Å²) in [5.74, 6) is -1.08. The molecule has 18 heavy (non-hydrogen) atoms. The van der Waals surface area contributed by atoms with Gasteiger partial charge < -0.3 is 4.74 Å². The van der Waals surface area contributed by atoms with Gasteiger partial charge in [0, 0.05) is 10.9 Å². The minimum atomic E-state index is -0.794. The highest BCUT2D eigenvalue weighted by atomic mass is 35.5. The molecular formula is C14H14ClNO2. The fraction of sp³-hybridized carbons (Fsp3) is 0.429. The lowest BCUT2D eigenvalue weighted by Gasteiger charge is -2.13. The molecule has 94 valence electrons. The molecule has 1 aromatic rings. The Bertz CT molecular complexity index is 495. The molecule has 1 aromatic carbocycles. The Hall–Kier alpha value is -1.37. The van der Waals surface area contributed by atoms with Crippen LogP contribution in [-0.2, 0) is 9.53 Å². The molecule has 1 heterocycles. The van der Waals surface area contributed by atoms with E-state index in [4.69, 9.17) is 16.3 Å². The molecule has 0 aliphatic carbocycles. The van der Waals surface area contributed by atoms with Crippen LogP contribution >= 0.6 is 11.6 Å². The molecule has 0 spiro atoms. The summed E-state index contributed by atoms with van der Waals surface area (Å²) in [6.45, 7) is 2.34. The molecule has 0 saturated carbocycles. The van der Waals surface area contributed by atoms with Crippen LogP contribution in [0.25, 0.3) is 0 Å². The van der Waals surface area contributed by atoms with E-state index >= 15 is 0 Å². The van der Waals surface area contributed by atoms with Crippen molar-refractivity contribution in [3.8, 4) is 6.07 Å². The number of carbonyl (C=O) groups excluding carboxylic acids is 1. The molecule has 0 N–H and O–H groups in total. The van der Waals surface area contributed by atoms with Gasteiger partial charge in [-0.25, -0.2) is 0 Å². The minimum Gasteiger partial charge on any atom is -0.378 e. The zero-order chi connectivity index (χ0) is 13.1. The van der Waals surface area contributed by atoms with Crippen molar-refractivity contribution in [3.05, 3.63) is 34.9 Å². The Morgan fingerprint density at radius 1 is 1.56 bits per heavy atom. The van der Waals surface area contributed by atoms with Gasteiger partial charge in [-0.15, -0.1) is 0 Å². The van der Waals surface area contributed by atoms with Gasteiger partial charge in [0.1, 0.15) is 5.92 Å². The van der Waals surface area contributed by atoms with Crippen LogP contribution in [0.1, 0.15) is 24.8 Å². The monoisotopic (exact) mass is 263 g/mol. The van der Waals surface area contributed by atoms with E-state index in [1.165, 1.54) is 0 Å². The number of hydrogen-bond donors (Lipinski definition) is 0. The summed E-state index contributed by atoms with van der Waals surface area (Å²) in [4.78, 5) is 12.3. The number of halogens is 1. The second-order valence-electron chi connectivity index (χ2n) is 4.56. The molecule has 0 radical (unpaired) electrons. The number of benzene rings is 1. The molecule has 3 atom stereocenters. The smallest absolute Gasteiger partial charge is 0.159 e. The summed E-state index contributed by atoms with van der Waals surface area (Å²) in [6.07, 6.45) is 0.770. The van der Waals surface area contributed by atoms with Gasteiger partial charge >= 0.3 is 0 Å². The summed E-state index contributed by atoms with van der Waals surface area (Å²) in [7, 11) is 0. The van der Waals surface area contributed by atoms with Crippen LogP contribution in [0.15, 0.2) is 24.3 Å². The average Bonchev–Trinajstić information content (AvgIpc) is 2.79. The lowest BCUT2D eigenvalue weighted by atomic mass is 9.87. The first-order valence-corrected chi connectivity index (χ1v) is 6.30. The fourth-order valence-corrected chi connectivity index (χ4v) is 2.49. The maximum absolute atomic E-state index is 12.3. The molecule has 1 fully saturated rings. The molecule has 3 nitrogen and oxygen atoms in total. The minimum absolute atomic E-state index is 0.0875. The standard InChI is InChI=1S/C14H14ClNO2/c1-9-6-10(8-18-9)14(17)12(7-16)11-4-2-3-5-13(11)15/h2-5,9-10,12H,6,8H2,1H3. The molecule has 0 bridgehead atoms. The summed E-state index contributed by atoms with van der Waals surface area (Å²) >= 11 is 6.04. The number of ether oxygens (including phenoxy) is 1. The van der Waals surface area contributed by atoms with Gasteiger partial charge in [0.05, 0.1) is 18.8 Å². The third-order valence-electron chi connectivity index (χ3n) is 3.23. The maximum Gasteiger partial charge on any atom is 0.159 e. The highest BCUT2D eigenvalue weighted by Crippen LogP contribution is 2.30. The van der Waals surface area contributed by atoms with Crippen molar-refractivity contribution in [2.45, 2.75) is 25.4 Å². The van der Waals surface area contributed by atoms with Crippen molar-refractivity contribution in [1.82, 2.24) is 0 Å². The number of rotatable bonds is 3. The quantitative estimate of drug-likeness (QED) is 0.842.